The third kappa shape index (κ3) is 6.58. The van der Waals surface area contributed by atoms with E-state index in [2.05, 4.69) is 5.32 Å². The lowest BCUT2D eigenvalue weighted by atomic mass is 10.2. The largest absolute Gasteiger partial charge is 0.453 e. The third-order valence-electron chi connectivity index (χ3n) is 4.24. The van der Waals surface area contributed by atoms with Crippen molar-refractivity contribution in [2.45, 2.75) is 36.2 Å². The monoisotopic (exact) mass is 450 g/mol. The summed E-state index contributed by atoms with van der Waals surface area (Å²) in [6, 6.07) is 14.2. The summed E-state index contributed by atoms with van der Waals surface area (Å²) in [6.45, 7) is 3.23. The highest BCUT2D eigenvalue weighted by Crippen LogP contribution is 2.22. The van der Waals surface area contributed by atoms with Crippen molar-refractivity contribution in [1.29, 1.82) is 0 Å². The Morgan fingerprint density at radius 1 is 1.13 bits per heavy atom. The van der Waals surface area contributed by atoms with Crippen LogP contribution in [-0.2, 0) is 24.3 Å². The molecular weight excluding hydrogens is 424 g/mol. The molecule has 1 N–H and O–H groups in total. The van der Waals surface area contributed by atoms with Crippen LogP contribution >= 0.6 is 11.8 Å². The second-order valence-electron chi connectivity index (χ2n) is 6.80. The minimum atomic E-state index is -3.63. The van der Waals surface area contributed by atoms with Gasteiger partial charge in [-0.05, 0) is 43.7 Å². The van der Waals surface area contributed by atoms with Crippen LogP contribution in [0.25, 0.3) is 0 Å². The summed E-state index contributed by atoms with van der Waals surface area (Å²) in [5.74, 6) is -0.455. The van der Waals surface area contributed by atoms with Gasteiger partial charge in [0.05, 0.1) is 11.3 Å². The van der Waals surface area contributed by atoms with Crippen LogP contribution in [0.15, 0.2) is 58.3 Å². The Hall–Kier alpha value is -2.36. The lowest BCUT2D eigenvalue weighted by Crippen LogP contribution is -2.30. The van der Waals surface area contributed by atoms with Crippen molar-refractivity contribution in [3.8, 4) is 0 Å². The number of hydrogen-bond acceptors (Lipinski definition) is 6. The number of amides is 1. The quantitative estimate of drug-likeness (QED) is 0.465. The number of benzene rings is 2. The number of hydrogen-bond donors (Lipinski definition) is 1. The molecule has 30 heavy (non-hydrogen) atoms. The Labute approximate surface area is 181 Å². The van der Waals surface area contributed by atoms with Crippen molar-refractivity contribution in [1.82, 2.24) is 4.31 Å². The second-order valence-corrected chi connectivity index (χ2v) is 10.1. The summed E-state index contributed by atoms with van der Waals surface area (Å²) in [7, 11) is -0.759. The predicted octanol–water partition coefficient (Wildman–Crippen LogP) is 3.30. The van der Waals surface area contributed by atoms with Crippen molar-refractivity contribution in [3.63, 3.8) is 0 Å². The number of anilines is 1. The van der Waals surface area contributed by atoms with Gasteiger partial charge >= 0.3 is 5.97 Å². The van der Waals surface area contributed by atoms with E-state index in [0.717, 1.165) is 9.20 Å². The number of nitrogens with zero attached hydrogens (tertiary/aromatic N) is 1. The molecule has 0 aliphatic rings. The van der Waals surface area contributed by atoms with Crippen LogP contribution in [0.3, 0.4) is 0 Å². The molecule has 1 atom stereocenters. The number of carbonyl (C=O) groups excluding carboxylic acids is 2. The first kappa shape index (κ1) is 23.9. The number of carbonyl (C=O) groups is 2. The summed E-state index contributed by atoms with van der Waals surface area (Å²) in [5, 5.41) is 2.64. The first-order valence-corrected chi connectivity index (χ1v) is 11.7. The number of sulfonamides is 1. The van der Waals surface area contributed by atoms with Crippen LogP contribution in [0.2, 0.25) is 0 Å². The standard InChI is InChI=1S/C21H26N2O5S2/c1-15-10-11-18(30(26,27)23(3)4)14-19(15)22-21(25)16(2)28-20(24)12-13-29-17-8-6-5-7-9-17/h5-11,14,16H,12-13H2,1-4H3,(H,22,25). The molecule has 162 valence electrons. The van der Waals surface area contributed by atoms with Gasteiger partial charge in [0.15, 0.2) is 6.10 Å². The van der Waals surface area contributed by atoms with Gasteiger partial charge in [0, 0.05) is 30.4 Å². The fourth-order valence-corrected chi connectivity index (χ4v) is 4.20. The van der Waals surface area contributed by atoms with Crippen LogP contribution in [0.1, 0.15) is 18.9 Å². The smallest absolute Gasteiger partial charge is 0.307 e. The maximum absolute atomic E-state index is 12.4. The average molecular weight is 451 g/mol. The number of ether oxygens (including phenoxy) is 1. The van der Waals surface area contributed by atoms with E-state index in [1.807, 2.05) is 30.3 Å². The summed E-state index contributed by atoms with van der Waals surface area (Å²) < 4.78 is 30.9. The Morgan fingerprint density at radius 2 is 1.80 bits per heavy atom. The number of thioether (sulfide) groups is 1. The SMILES string of the molecule is Cc1ccc(S(=O)(=O)N(C)C)cc1NC(=O)C(C)OC(=O)CCSc1ccccc1. The zero-order valence-electron chi connectivity index (χ0n) is 17.4. The molecule has 0 fully saturated rings. The Balaban J connectivity index is 1.93. The molecule has 7 nitrogen and oxygen atoms in total. The highest BCUT2D eigenvalue weighted by molar-refractivity contribution is 7.99. The molecule has 0 aromatic heterocycles. The van der Waals surface area contributed by atoms with Crippen molar-refractivity contribution in [2.24, 2.45) is 0 Å². The molecule has 0 saturated carbocycles. The number of rotatable bonds is 9. The highest BCUT2D eigenvalue weighted by atomic mass is 32.2. The van der Waals surface area contributed by atoms with E-state index in [1.165, 1.54) is 44.9 Å². The van der Waals surface area contributed by atoms with Crippen molar-refractivity contribution in [3.05, 3.63) is 54.1 Å². The fourth-order valence-electron chi connectivity index (χ4n) is 2.42. The van der Waals surface area contributed by atoms with Gasteiger partial charge in [-0.1, -0.05) is 24.3 Å². The molecule has 1 amide bonds. The van der Waals surface area contributed by atoms with Crippen LogP contribution < -0.4 is 5.32 Å². The van der Waals surface area contributed by atoms with Gasteiger partial charge in [0.2, 0.25) is 10.0 Å². The van der Waals surface area contributed by atoms with Crippen molar-refractivity contribution >= 4 is 39.3 Å². The molecule has 9 heteroatoms. The van der Waals surface area contributed by atoms with E-state index >= 15 is 0 Å². The summed E-state index contributed by atoms with van der Waals surface area (Å²) >= 11 is 1.53. The van der Waals surface area contributed by atoms with Gasteiger partial charge in [-0.25, -0.2) is 12.7 Å². The van der Waals surface area contributed by atoms with Crippen LogP contribution in [0.4, 0.5) is 5.69 Å². The van der Waals surface area contributed by atoms with E-state index < -0.39 is 28.0 Å². The van der Waals surface area contributed by atoms with Crippen LogP contribution in [0.5, 0.6) is 0 Å². The average Bonchev–Trinajstić information content (AvgIpc) is 2.70. The molecule has 0 aliphatic carbocycles. The molecule has 0 bridgehead atoms. The van der Waals surface area contributed by atoms with Gasteiger partial charge in [0.25, 0.3) is 5.91 Å². The molecular formula is C21H26N2O5S2. The van der Waals surface area contributed by atoms with E-state index in [0.29, 0.717) is 17.0 Å². The number of esters is 1. The van der Waals surface area contributed by atoms with Crippen LogP contribution in [0, 0.1) is 6.92 Å². The summed E-state index contributed by atoms with van der Waals surface area (Å²) in [5.41, 5.74) is 1.05. The Morgan fingerprint density at radius 3 is 2.43 bits per heavy atom. The number of aryl methyl sites for hydroxylation is 1. The molecule has 2 aromatic carbocycles. The van der Waals surface area contributed by atoms with E-state index in [9.17, 15) is 18.0 Å². The lowest BCUT2D eigenvalue weighted by Gasteiger charge is -2.17. The molecule has 0 saturated heterocycles. The topological polar surface area (TPSA) is 92.8 Å². The molecule has 0 aliphatic heterocycles. The molecule has 2 aromatic rings. The second kappa shape index (κ2) is 10.6. The Bertz CT molecular complexity index is 992. The highest BCUT2D eigenvalue weighted by Gasteiger charge is 2.21. The van der Waals surface area contributed by atoms with Crippen molar-refractivity contribution < 1.29 is 22.7 Å². The third-order valence-corrected chi connectivity index (χ3v) is 7.07. The zero-order chi connectivity index (χ0) is 22.3. The first-order valence-electron chi connectivity index (χ1n) is 9.32. The van der Waals surface area contributed by atoms with E-state index in [1.54, 1.807) is 13.0 Å². The minimum absolute atomic E-state index is 0.0657. The van der Waals surface area contributed by atoms with Gasteiger partial charge in [-0.3, -0.25) is 9.59 Å². The molecule has 0 heterocycles. The zero-order valence-corrected chi connectivity index (χ0v) is 19.0. The molecule has 0 radical (unpaired) electrons. The number of nitrogens with one attached hydrogen (secondary N) is 1. The van der Waals surface area contributed by atoms with Gasteiger partial charge in [0.1, 0.15) is 0 Å². The lowest BCUT2D eigenvalue weighted by molar-refractivity contribution is -0.152. The molecule has 1 unspecified atom stereocenters. The fraction of sp³-hybridized carbons (Fsp3) is 0.333. The predicted molar refractivity (Wildman–Crippen MR) is 118 cm³/mol. The van der Waals surface area contributed by atoms with E-state index in [4.69, 9.17) is 4.74 Å². The first-order chi connectivity index (χ1) is 14.1. The van der Waals surface area contributed by atoms with Gasteiger partial charge < -0.3 is 10.1 Å². The minimum Gasteiger partial charge on any atom is -0.453 e. The maximum Gasteiger partial charge on any atom is 0.307 e. The van der Waals surface area contributed by atoms with Crippen LogP contribution in [-0.4, -0.2) is 50.6 Å². The normalized spacial score (nSPS) is 12.4. The summed E-state index contributed by atoms with van der Waals surface area (Å²) in [4.78, 5) is 25.6. The molecule has 0 spiro atoms. The Kier molecular flexibility index (Phi) is 8.45. The summed E-state index contributed by atoms with van der Waals surface area (Å²) in [6.07, 6.45) is -0.833. The van der Waals surface area contributed by atoms with Gasteiger partial charge in [-0.2, -0.15) is 0 Å². The van der Waals surface area contributed by atoms with Crippen molar-refractivity contribution in [2.75, 3.05) is 25.2 Å². The van der Waals surface area contributed by atoms with E-state index in [-0.39, 0.29) is 11.3 Å². The molecule has 2 rings (SSSR count). The van der Waals surface area contributed by atoms with Gasteiger partial charge in [-0.15, -0.1) is 11.8 Å². The maximum atomic E-state index is 12.4.